The summed E-state index contributed by atoms with van der Waals surface area (Å²) >= 11 is 1.10. The van der Waals surface area contributed by atoms with Gasteiger partial charge in [-0.25, -0.2) is 9.59 Å². The molecule has 3 amide bonds. The lowest BCUT2D eigenvalue weighted by atomic mass is 10.3. The maximum absolute atomic E-state index is 11.5. The quantitative estimate of drug-likeness (QED) is 0.753. The molecule has 1 rings (SSSR count). The van der Waals surface area contributed by atoms with Crippen molar-refractivity contribution in [3.8, 4) is 0 Å². The highest BCUT2D eigenvalue weighted by Crippen LogP contribution is 2.22. The van der Waals surface area contributed by atoms with Crippen LogP contribution in [0.4, 0.5) is 9.80 Å². The minimum Gasteiger partial charge on any atom is -0.478 e. The highest BCUT2D eigenvalue weighted by Gasteiger charge is 2.14. The highest BCUT2D eigenvalue weighted by atomic mass is 32.1. The Morgan fingerprint density at radius 3 is 2.68 bits per heavy atom. The molecular formula is C11H15N3O4S. The van der Waals surface area contributed by atoms with Gasteiger partial charge in [-0.1, -0.05) is 0 Å². The molecule has 0 aliphatic heterocycles. The van der Waals surface area contributed by atoms with E-state index >= 15 is 0 Å². The molecule has 0 saturated carbocycles. The van der Waals surface area contributed by atoms with Crippen LogP contribution in [0.15, 0.2) is 11.4 Å². The van der Waals surface area contributed by atoms with Gasteiger partial charge in [0.15, 0.2) is 0 Å². The SMILES string of the molecule is CCN(C)C(=O)CNC(=O)Nc1sccc1C(=O)O. The molecule has 0 atom stereocenters. The van der Waals surface area contributed by atoms with Crippen molar-refractivity contribution in [1.29, 1.82) is 0 Å². The average molecular weight is 285 g/mol. The topological polar surface area (TPSA) is 98.7 Å². The van der Waals surface area contributed by atoms with E-state index in [1.807, 2.05) is 6.92 Å². The lowest BCUT2D eigenvalue weighted by Crippen LogP contribution is -2.39. The molecule has 3 N–H and O–H groups in total. The van der Waals surface area contributed by atoms with Gasteiger partial charge in [0.1, 0.15) is 5.00 Å². The van der Waals surface area contributed by atoms with E-state index in [1.165, 1.54) is 11.0 Å². The van der Waals surface area contributed by atoms with E-state index in [4.69, 9.17) is 5.11 Å². The summed E-state index contributed by atoms with van der Waals surface area (Å²) in [6, 6.07) is 0.793. The van der Waals surface area contributed by atoms with E-state index in [-0.39, 0.29) is 23.0 Å². The summed E-state index contributed by atoms with van der Waals surface area (Å²) in [5.74, 6) is -1.33. The predicted molar refractivity (Wildman–Crippen MR) is 71.6 cm³/mol. The summed E-state index contributed by atoms with van der Waals surface area (Å²) in [6.07, 6.45) is 0. The molecule has 19 heavy (non-hydrogen) atoms. The number of carboxylic acids is 1. The van der Waals surface area contributed by atoms with E-state index in [0.29, 0.717) is 6.54 Å². The lowest BCUT2D eigenvalue weighted by molar-refractivity contribution is -0.128. The number of likely N-dealkylation sites (N-methyl/N-ethyl adjacent to an activating group) is 1. The molecule has 104 valence electrons. The Bertz CT molecular complexity index is 486. The van der Waals surface area contributed by atoms with Gasteiger partial charge in [-0.15, -0.1) is 11.3 Å². The minimum absolute atomic E-state index is 0.0251. The van der Waals surface area contributed by atoms with Gasteiger partial charge in [0.05, 0.1) is 12.1 Å². The van der Waals surface area contributed by atoms with Gasteiger partial charge in [0.2, 0.25) is 5.91 Å². The van der Waals surface area contributed by atoms with Crippen molar-refractivity contribution in [1.82, 2.24) is 10.2 Å². The van der Waals surface area contributed by atoms with Crippen molar-refractivity contribution in [2.24, 2.45) is 0 Å². The number of hydrogen-bond donors (Lipinski definition) is 3. The van der Waals surface area contributed by atoms with Crippen LogP contribution in [-0.4, -0.2) is 48.1 Å². The normalized spacial score (nSPS) is 9.79. The molecule has 0 saturated heterocycles. The van der Waals surface area contributed by atoms with E-state index in [2.05, 4.69) is 10.6 Å². The number of urea groups is 1. The second kappa shape index (κ2) is 6.74. The van der Waals surface area contributed by atoms with Gasteiger partial charge in [-0.05, 0) is 18.4 Å². The molecule has 0 spiro atoms. The van der Waals surface area contributed by atoms with E-state index in [9.17, 15) is 14.4 Å². The van der Waals surface area contributed by atoms with Gasteiger partial charge in [0, 0.05) is 13.6 Å². The van der Waals surface area contributed by atoms with E-state index in [0.717, 1.165) is 11.3 Å². The van der Waals surface area contributed by atoms with Gasteiger partial charge in [-0.2, -0.15) is 0 Å². The Morgan fingerprint density at radius 1 is 1.42 bits per heavy atom. The number of nitrogens with one attached hydrogen (secondary N) is 2. The molecule has 0 bridgehead atoms. The van der Waals surface area contributed by atoms with Crippen LogP contribution in [0.5, 0.6) is 0 Å². The van der Waals surface area contributed by atoms with Crippen molar-refractivity contribution in [3.05, 3.63) is 17.0 Å². The number of amides is 3. The van der Waals surface area contributed by atoms with Crippen LogP contribution < -0.4 is 10.6 Å². The fourth-order valence-electron chi connectivity index (χ4n) is 1.19. The van der Waals surface area contributed by atoms with Crippen LogP contribution in [-0.2, 0) is 4.79 Å². The largest absolute Gasteiger partial charge is 0.478 e. The second-order valence-electron chi connectivity index (χ2n) is 3.68. The molecule has 8 heteroatoms. The Labute approximate surface area is 114 Å². The zero-order valence-electron chi connectivity index (χ0n) is 10.6. The summed E-state index contributed by atoms with van der Waals surface area (Å²) in [4.78, 5) is 35.3. The summed E-state index contributed by atoms with van der Waals surface area (Å²) < 4.78 is 0. The molecule has 0 radical (unpaired) electrons. The van der Waals surface area contributed by atoms with Crippen LogP contribution in [0.25, 0.3) is 0 Å². The van der Waals surface area contributed by atoms with E-state index < -0.39 is 12.0 Å². The molecule has 1 aromatic rings. The first-order valence-corrected chi connectivity index (χ1v) is 6.43. The number of carboxylic acid groups (broad SMARTS) is 1. The second-order valence-corrected chi connectivity index (χ2v) is 4.60. The van der Waals surface area contributed by atoms with Gasteiger partial charge < -0.3 is 15.3 Å². The smallest absolute Gasteiger partial charge is 0.338 e. The number of thiophene rings is 1. The first-order valence-electron chi connectivity index (χ1n) is 5.55. The van der Waals surface area contributed by atoms with Crippen LogP contribution in [0.2, 0.25) is 0 Å². The fraction of sp³-hybridized carbons (Fsp3) is 0.364. The number of carbonyl (C=O) groups is 3. The Morgan fingerprint density at radius 2 is 2.11 bits per heavy atom. The van der Waals surface area contributed by atoms with Crippen LogP contribution >= 0.6 is 11.3 Å². The summed E-state index contributed by atoms with van der Waals surface area (Å²) in [5, 5.41) is 15.4. The monoisotopic (exact) mass is 285 g/mol. The maximum atomic E-state index is 11.5. The first kappa shape index (κ1) is 15.0. The highest BCUT2D eigenvalue weighted by molar-refractivity contribution is 7.14. The number of nitrogens with zero attached hydrogens (tertiary/aromatic N) is 1. The zero-order chi connectivity index (χ0) is 14.4. The molecule has 7 nitrogen and oxygen atoms in total. The maximum Gasteiger partial charge on any atom is 0.338 e. The molecule has 0 aliphatic carbocycles. The zero-order valence-corrected chi connectivity index (χ0v) is 11.4. The third-order valence-corrected chi connectivity index (χ3v) is 3.25. The van der Waals surface area contributed by atoms with Gasteiger partial charge >= 0.3 is 12.0 Å². The third kappa shape index (κ3) is 4.25. The predicted octanol–water partition coefficient (Wildman–Crippen LogP) is 1.05. The Hall–Kier alpha value is -2.09. The molecular weight excluding hydrogens is 270 g/mol. The summed E-state index contributed by atoms with van der Waals surface area (Å²) in [5.41, 5.74) is 0.0251. The average Bonchev–Trinajstić information content (AvgIpc) is 2.83. The fourth-order valence-corrected chi connectivity index (χ4v) is 1.96. The third-order valence-electron chi connectivity index (χ3n) is 2.42. The molecule has 0 fully saturated rings. The molecule has 1 heterocycles. The van der Waals surface area contributed by atoms with Crippen molar-refractivity contribution in [3.63, 3.8) is 0 Å². The number of carbonyl (C=O) groups excluding carboxylic acids is 2. The minimum atomic E-state index is -1.11. The Balaban J connectivity index is 2.50. The summed E-state index contributed by atoms with van der Waals surface area (Å²) in [6.45, 7) is 2.24. The number of aromatic carboxylic acids is 1. The van der Waals surface area contributed by atoms with Gasteiger partial charge in [0.25, 0.3) is 0 Å². The van der Waals surface area contributed by atoms with E-state index in [1.54, 1.807) is 12.4 Å². The Kier molecular flexibility index (Phi) is 5.31. The molecule has 0 aliphatic rings. The molecule has 0 unspecified atom stereocenters. The van der Waals surface area contributed by atoms with Crippen molar-refractivity contribution >= 4 is 34.2 Å². The first-order chi connectivity index (χ1) is 8.95. The number of hydrogen-bond acceptors (Lipinski definition) is 4. The lowest BCUT2D eigenvalue weighted by Gasteiger charge is -2.14. The van der Waals surface area contributed by atoms with Crippen molar-refractivity contribution < 1.29 is 19.5 Å². The number of rotatable bonds is 5. The van der Waals surface area contributed by atoms with Crippen molar-refractivity contribution in [2.75, 3.05) is 25.5 Å². The van der Waals surface area contributed by atoms with Crippen LogP contribution in [0.3, 0.4) is 0 Å². The summed E-state index contributed by atoms with van der Waals surface area (Å²) in [7, 11) is 1.63. The van der Waals surface area contributed by atoms with Gasteiger partial charge in [-0.3, -0.25) is 10.1 Å². The molecule has 0 aromatic carbocycles. The van der Waals surface area contributed by atoms with Crippen LogP contribution in [0, 0.1) is 0 Å². The van der Waals surface area contributed by atoms with Crippen molar-refractivity contribution in [2.45, 2.75) is 6.92 Å². The molecule has 1 aromatic heterocycles. The van der Waals surface area contributed by atoms with Crippen LogP contribution in [0.1, 0.15) is 17.3 Å². The number of anilines is 1. The standard InChI is InChI=1S/C11H15N3O4S/c1-3-14(2)8(15)6-12-11(18)13-9-7(10(16)17)4-5-19-9/h4-5H,3,6H2,1-2H3,(H,16,17)(H2,12,13,18).